The van der Waals surface area contributed by atoms with Gasteiger partial charge in [0.2, 0.25) is 10.0 Å². The predicted octanol–water partition coefficient (Wildman–Crippen LogP) is 2.39. The Morgan fingerprint density at radius 2 is 2.11 bits per heavy atom. The number of benzene rings is 1. The van der Waals surface area contributed by atoms with Crippen molar-refractivity contribution >= 4 is 27.3 Å². The second-order valence-electron chi connectivity index (χ2n) is 4.67. The van der Waals surface area contributed by atoms with Crippen LogP contribution in [-0.2, 0) is 10.0 Å². The van der Waals surface area contributed by atoms with Crippen LogP contribution in [0.1, 0.15) is 25.7 Å². The average molecular weight is 289 g/mol. The quantitative estimate of drug-likeness (QED) is 0.623. The van der Waals surface area contributed by atoms with Crippen LogP contribution in [0.5, 0.6) is 0 Å². The molecular formula is C12H17ClN2O2S. The van der Waals surface area contributed by atoms with Gasteiger partial charge in [-0.3, -0.25) is 0 Å². The first kappa shape index (κ1) is 13.6. The molecule has 0 spiro atoms. The van der Waals surface area contributed by atoms with Gasteiger partial charge in [0.15, 0.2) is 0 Å². The van der Waals surface area contributed by atoms with Crippen molar-refractivity contribution in [3.8, 4) is 0 Å². The number of nitrogens with one attached hydrogen (secondary N) is 1. The van der Waals surface area contributed by atoms with E-state index in [1.165, 1.54) is 31.0 Å². The van der Waals surface area contributed by atoms with Crippen molar-refractivity contribution in [2.24, 2.45) is 5.92 Å². The fourth-order valence-corrected chi connectivity index (χ4v) is 3.00. The second-order valence-corrected chi connectivity index (χ2v) is 6.84. The van der Waals surface area contributed by atoms with Crippen molar-refractivity contribution in [1.82, 2.24) is 4.72 Å². The van der Waals surface area contributed by atoms with E-state index in [1.54, 1.807) is 0 Å². The summed E-state index contributed by atoms with van der Waals surface area (Å²) in [7, 11) is -3.47. The minimum atomic E-state index is -3.47. The zero-order valence-electron chi connectivity index (χ0n) is 10.0. The van der Waals surface area contributed by atoms with Crippen LogP contribution in [0.3, 0.4) is 0 Å². The van der Waals surface area contributed by atoms with Crippen LogP contribution in [0.25, 0.3) is 0 Å². The van der Waals surface area contributed by atoms with Gasteiger partial charge in [0.1, 0.15) is 0 Å². The summed E-state index contributed by atoms with van der Waals surface area (Å²) in [6.07, 6.45) is 4.57. The molecule has 0 aromatic heterocycles. The second kappa shape index (κ2) is 5.47. The summed E-state index contributed by atoms with van der Waals surface area (Å²) in [5, 5.41) is 0.364. The highest BCUT2D eigenvalue weighted by atomic mass is 35.5. The molecule has 18 heavy (non-hydrogen) atoms. The lowest BCUT2D eigenvalue weighted by atomic mass is 10.2. The van der Waals surface area contributed by atoms with Crippen LogP contribution in [0.2, 0.25) is 5.02 Å². The molecule has 4 nitrogen and oxygen atoms in total. The molecule has 0 atom stereocenters. The van der Waals surface area contributed by atoms with Gasteiger partial charge in [0, 0.05) is 6.54 Å². The van der Waals surface area contributed by atoms with Crippen molar-refractivity contribution in [2.45, 2.75) is 30.6 Å². The number of anilines is 1. The van der Waals surface area contributed by atoms with Crippen molar-refractivity contribution < 1.29 is 8.42 Å². The molecule has 3 N–H and O–H groups in total. The van der Waals surface area contributed by atoms with Crippen molar-refractivity contribution in [3.05, 3.63) is 23.2 Å². The fourth-order valence-electron chi connectivity index (χ4n) is 1.78. The van der Waals surface area contributed by atoms with Crippen LogP contribution in [0.15, 0.2) is 23.1 Å². The number of hydrogen-bond donors (Lipinski definition) is 2. The molecule has 1 aliphatic carbocycles. The van der Waals surface area contributed by atoms with E-state index in [1.807, 2.05) is 0 Å². The van der Waals surface area contributed by atoms with E-state index in [2.05, 4.69) is 4.72 Å². The summed E-state index contributed by atoms with van der Waals surface area (Å²) in [6.45, 7) is 0.474. The van der Waals surface area contributed by atoms with E-state index in [0.29, 0.717) is 11.6 Å². The highest BCUT2D eigenvalue weighted by Gasteiger charge is 2.21. The maximum absolute atomic E-state index is 11.9. The molecule has 0 saturated heterocycles. The van der Waals surface area contributed by atoms with Crippen molar-refractivity contribution in [1.29, 1.82) is 0 Å². The fraction of sp³-hybridized carbons (Fsp3) is 0.500. The zero-order valence-corrected chi connectivity index (χ0v) is 11.6. The summed E-state index contributed by atoms with van der Waals surface area (Å²) < 4.78 is 26.5. The Morgan fingerprint density at radius 1 is 1.39 bits per heavy atom. The Morgan fingerprint density at radius 3 is 2.72 bits per heavy atom. The van der Waals surface area contributed by atoms with Gasteiger partial charge in [-0.25, -0.2) is 13.1 Å². The number of hydrogen-bond acceptors (Lipinski definition) is 3. The van der Waals surface area contributed by atoms with Crippen LogP contribution >= 0.6 is 11.6 Å². The van der Waals surface area contributed by atoms with Crippen LogP contribution in [0, 0.1) is 5.92 Å². The first-order valence-electron chi connectivity index (χ1n) is 6.04. The third-order valence-corrected chi connectivity index (χ3v) is 4.86. The molecule has 1 fully saturated rings. The van der Waals surface area contributed by atoms with Gasteiger partial charge < -0.3 is 5.73 Å². The largest absolute Gasteiger partial charge is 0.397 e. The third-order valence-electron chi connectivity index (χ3n) is 3.06. The number of halogens is 1. The molecule has 100 valence electrons. The molecule has 0 radical (unpaired) electrons. The average Bonchev–Trinajstić information content (AvgIpc) is 3.12. The highest BCUT2D eigenvalue weighted by molar-refractivity contribution is 7.89. The molecule has 1 aliphatic rings. The molecule has 0 aliphatic heterocycles. The first-order chi connectivity index (χ1) is 8.49. The van der Waals surface area contributed by atoms with Crippen LogP contribution in [0.4, 0.5) is 5.69 Å². The lowest BCUT2D eigenvalue weighted by Gasteiger charge is -2.07. The van der Waals surface area contributed by atoms with E-state index in [0.717, 1.165) is 18.8 Å². The Hall–Kier alpha value is -0.780. The SMILES string of the molecule is Nc1cc(S(=O)(=O)NCCCC2CC2)ccc1Cl. The van der Waals surface area contributed by atoms with Gasteiger partial charge in [0.05, 0.1) is 15.6 Å². The maximum atomic E-state index is 11.9. The predicted molar refractivity (Wildman–Crippen MR) is 73.0 cm³/mol. The minimum Gasteiger partial charge on any atom is -0.397 e. The molecule has 0 amide bonds. The van der Waals surface area contributed by atoms with Crippen molar-refractivity contribution in [3.63, 3.8) is 0 Å². The Bertz CT molecular complexity index is 527. The summed E-state index contributed by atoms with van der Waals surface area (Å²) in [4.78, 5) is 0.163. The lowest BCUT2D eigenvalue weighted by molar-refractivity contribution is 0.572. The molecule has 0 bridgehead atoms. The van der Waals surface area contributed by atoms with Gasteiger partial charge in [-0.15, -0.1) is 0 Å². The van der Waals surface area contributed by atoms with E-state index in [9.17, 15) is 8.42 Å². The lowest BCUT2D eigenvalue weighted by Crippen LogP contribution is -2.25. The minimum absolute atomic E-state index is 0.163. The molecule has 0 heterocycles. The molecular weight excluding hydrogens is 272 g/mol. The Labute approximate surface area is 113 Å². The highest BCUT2D eigenvalue weighted by Crippen LogP contribution is 2.33. The number of sulfonamides is 1. The number of nitrogen functional groups attached to an aromatic ring is 1. The smallest absolute Gasteiger partial charge is 0.240 e. The molecule has 1 saturated carbocycles. The number of nitrogens with two attached hydrogens (primary N) is 1. The van der Waals surface area contributed by atoms with Gasteiger partial charge in [-0.1, -0.05) is 24.4 Å². The van der Waals surface area contributed by atoms with E-state index in [4.69, 9.17) is 17.3 Å². The van der Waals surface area contributed by atoms with E-state index in [-0.39, 0.29) is 10.6 Å². The van der Waals surface area contributed by atoms with Crippen LogP contribution in [-0.4, -0.2) is 15.0 Å². The van der Waals surface area contributed by atoms with Gasteiger partial charge in [0.25, 0.3) is 0 Å². The maximum Gasteiger partial charge on any atom is 0.240 e. The monoisotopic (exact) mass is 288 g/mol. The van der Waals surface area contributed by atoms with Gasteiger partial charge >= 0.3 is 0 Å². The normalized spacial score (nSPS) is 15.8. The third kappa shape index (κ3) is 3.60. The molecule has 0 unspecified atom stereocenters. The Kier molecular flexibility index (Phi) is 4.14. The summed E-state index contributed by atoms with van der Waals surface area (Å²) in [5.41, 5.74) is 5.87. The molecule has 2 rings (SSSR count). The summed E-state index contributed by atoms with van der Waals surface area (Å²) >= 11 is 5.76. The number of rotatable bonds is 6. The standard InChI is InChI=1S/C12H17ClN2O2S/c13-11-6-5-10(8-12(11)14)18(16,17)15-7-1-2-9-3-4-9/h5-6,8-9,15H,1-4,7,14H2. The van der Waals surface area contributed by atoms with Gasteiger partial charge in [-0.2, -0.15) is 0 Å². The summed E-state index contributed by atoms with van der Waals surface area (Å²) in [5.74, 6) is 0.820. The van der Waals surface area contributed by atoms with E-state index < -0.39 is 10.0 Å². The summed E-state index contributed by atoms with van der Waals surface area (Å²) in [6, 6.07) is 4.34. The van der Waals surface area contributed by atoms with Crippen LogP contribution < -0.4 is 10.5 Å². The first-order valence-corrected chi connectivity index (χ1v) is 7.90. The molecule has 6 heteroatoms. The van der Waals surface area contributed by atoms with E-state index >= 15 is 0 Å². The molecule has 1 aromatic rings. The van der Waals surface area contributed by atoms with Gasteiger partial charge in [-0.05, 0) is 37.0 Å². The molecule has 1 aromatic carbocycles. The zero-order chi connectivity index (χ0) is 13.2. The van der Waals surface area contributed by atoms with Crippen molar-refractivity contribution in [2.75, 3.05) is 12.3 Å². The Balaban J connectivity index is 1.93. The topological polar surface area (TPSA) is 72.2 Å².